The molecule has 0 unspecified atom stereocenters. The van der Waals surface area contributed by atoms with E-state index >= 15 is 0 Å². The molecule has 0 saturated carbocycles. The van der Waals surface area contributed by atoms with Crippen molar-refractivity contribution in [3.05, 3.63) is 65.2 Å². The van der Waals surface area contributed by atoms with Crippen LogP contribution >= 0.6 is 0 Å². The second-order valence-corrected chi connectivity index (χ2v) is 5.06. The predicted molar refractivity (Wildman–Crippen MR) is 85.0 cm³/mol. The van der Waals surface area contributed by atoms with E-state index in [-0.39, 0.29) is 5.91 Å². The van der Waals surface area contributed by atoms with Gasteiger partial charge in [0.2, 0.25) is 0 Å². The van der Waals surface area contributed by atoms with Gasteiger partial charge in [-0.2, -0.15) is 0 Å². The highest BCUT2D eigenvalue weighted by Gasteiger charge is 2.10. The molecule has 1 amide bonds. The minimum atomic E-state index is -0.103. The van der Waals surface area contributed by atoms with Gasteiger partial charge < -0.3 is 10.6 Å². The first-order valence-corrected chi connectivity index (χ1v) is 6.99. The Morgan fingerprint density at radius 1 is 1.19 bits per heavy atom. The van der Waals surface area contributed by atoms with Crippen molar-refractivity contribution < 1.29 is 4.79 Å². The molecule has 2 aromatic rings. The Morgan fingerprint density at radius 3 is 2.71 bits per heavy atom. The number of hydrogen-bond donors (Lipinski definition) is 2. The highest BCUT2D eigenvalue weighted by atomic mass is 16.1. The van der Waals surface area contributed by atoms with Crippen LogP contribution in [0.1, 0.15) is 21.5 Å². The first-order chi connectivity index (χ1) is 10.2. The van der Waals surface area contributed by atoms with Crippen LogP contribution in [-0.4, -0.2) is 24.8 Å². The van der Waals surface area contributed by atoms with Gasteiger partial charge in [0.15, 0.2) is 0 Å². The Kier molecular flexibility index (Phi) is 3.69. The number of benzene rings is 2. The van der Waals surface area contributed by atoms with Crippen molar-refractivity contribution in [2.45, 2.75) is 6.92 Å². The standard InChI is InChI=1S/C17H17N3O/c1-12-5-7-13(8-6-12)17(21)20-15-4-2-3-14(11-15)16-18-9-10-19-16/h2-8,11H,9-10H2,1H3,(H,18,19)(H,20,21). The van der Waals surface area contributed by atoms with E-state index in [2.05, 4.69) is 15.6 Å². The molecule has 0 aromatic heterocycles. The molecule has 3 rings (SSSR count). The number of aryl methyl sites for hydroxylation is 1. The van der Waals surface area contributed by atoms with E-state index in [0.717, 1.165) is 35.7 Å². The zero-order valence-corrected chi connectivity index (χ0v) is 11.9. The van der Waals surface area contributed by atoms with Gasteiger partial charge in [-0.3, -0.25) is 9.79 Å². The molecule has 0 bridgehead atoms. The lowest BCUT2D eigenvalue weighted by Gasteiger charge is -2.08. The van der Waals surface area contributed by atoms with Crippen molar-refractivity contribution in [1.82, 2.24) is 5.32 Å². The summed E-state index contributed by atoms with van der Waals surface area (Å²) in [5.41, 5.74) is 3.56. The van der Waals surface area contributed by atoms with E-state index in [9.17, 15) is 4.79 Å². The summed E-state index contributed by atoms with van der Waals surface area (Å²) >= 11 is 0. The number of nitrogens with one attached hydrogen (secondary N) is 2. The number of amides is 1. The van der Waals surface area contributed by atoms with E-state index in [0.29, 0.717) is 5.56 Å². The van der Waals surface area contributed by atoms with E-state index in [1.54, 1.807) is 0 Å². The van der Waals surface area contributed by atoms with E-state index in [1.165, 1.54) is 0 Å². The highest BCUT2D eigenvalue weighted by Crippen LogP contribution is 2.14. The maximum Gasteiger partial charge on any atom is 0.255 e. The molecule has 1 aliphatic heterocycles. The molecule has 2 N–H and O–H groups in total. The molecular weight excluding hydrogens is 262 g/mol. The van der Waals surface area contributed by atoms with Crippen LogP contribution in [0.4, 0.5) is 5.69 Å². The average Bonchev–Trinajstić information content (AvgIpc) is 3.02. The summed E-state index contributed by atoms with van der Waals surface area (Å²) in [6, 6.07) is 15.2. The van der Waals surface area contributed by atoms with Gasteiger partial charge in [0.05, 0.1) is 6.54 Å². The monoisotopic (exact) mass is 279 g/mol. The number of hydrogen-bond acceptors (Lipinski definition) is 3. The molecular formula is C17H17N3O. The van der Waals surface area contributed by atoms with Crippen molar-refractivity contribution in [3.63, 3.8) is 0 Å². The van der Waals surface area contributed by atoms with Crippen molar-refractivity contribution in [1.29, 1.82) is 0 Å². The molecule has 0 radical (unpaired) electrons. The zero-order chi connectivity index (χ0) is 14.7. The SMILES string of the molecule is Cc1ccc(C(=O)Nc2cccc(C3=NCCN3)c2)cc1. The minimum Gasteiger partial charge on any atom is -0.368 e. The van der Waals surface area contributed by atoms with Crippen molar-refractivity contribution in [2.75, 3.05) is 18.4 Å². The number of nitrogens with zero attached hydrogens (tertiary/aromatic N) is 1. The molecule has 0 spiro atoms. The number of carbonyl (C=O) groups excluding carboxylic acids is 1. The molecule has 21 heavy (non-hydrogen) atoms. The van der Waals surface area contributed by atoms with Gasteiger partial charge in [-0.25, -0.2) is 0 Å². The van der Waals surface area contributed by atoms with Crippen LogP contribution in [0.2, 0.25) is 0 Å². The third-order valence-electron chi connectivity index (χ3n) is 3.38. The zero-order valence-electron chi connectivity index (χ0n) is 11.9. The van der Waals surface area contributed by atoms with Crippen LogP contribution < -0.4 is 10.6 Å². The van der Waals surface area contributed by atoms with Crippen LogP contribution in [0.15, 0.2) is 53.5 Å². The Bertz CT molecular complexity index is 689. The number of carbonyl (C=O) groups is 1. The Morgan fingerprint density at radius 2 is 2.00 bits per heavy atom. The second-order valence-electron chi connectivity index (χ2n) is 5.06. The normalized spacial score (nSPS) is 13.5. The third-order valence-corrected chi connectivity index (χ3v) is 3.38. The summed E-state index contributed by atoms with van der Waals surface area (Å²) in [5.74, 6) is 0.787. The molecule has 1 aliphatic rings. The van der Waals surface area contributed by atoms with Crippen LogP contribution in [0.5, 0.6) is 0 Å². The van der Waals surface area contributed by atoms with Gasteiger partial charge in [-0.05, 0) is 31.2 Å². The smallest absolute Gasteiger partial charge is 0.255 e. The largest absolute Gasteiger partial charge is 0.368 e. The Balaban J connectivity index is 1.77. The first-order valence-electron chi connectivity index (χ1n) is 6.99. The molecule has 106 valence electrons. The number of aliphatic imine (C=N–C) groups is 1. The molecule has 0 aliphatic carbocycles. The lowest BCUT2D eigenvalue weighted by molar-refractivity contribution is 0.102. The summed E-state index contributed by atoms with van der Waals surface area (Å²) in [7, 11) is 0. The van der Waals surface area contributed by atoms with Crippen molar-refractivity contribution in [2.24, 2.45) is 4.99 Å². The molecule has 0 fully saturated rings. The fraction of sp³-hybridized carbons (Fsp3) is 0.176. The molecule has 4 nitrogen and oxygen atoms in total. The van der Waals surface area contributed by atoms with Gasteiger partial charge >= 0.3 is 0 Å². The molecule has 4 heteroatoms. The highest BCUT2D eigenvalue weighted by molar-refractivity contribution is 6.05. The summed E-state index contributed by atoms with van der Waals surface area (Å²) in [6.45, 7) is 3.67. The summed E-state index contributed by atoms with van der Waals surface area (Å²) in [5, 5.41) is 6.15. The maximum atomic E-state index is 12.2. The van der Waals surface area contributed by atoms with Crippen LogP contribution in [0.25, 0.3) is 0 Å². The second kappa shape index (κ2) is 5.79. The van der Waals surface area contributed by atoms with Gasteiger partial charge in [-0.1, -0.05) is 29.8 Å². The first kappa shape index (κ1) is 13.4. The lowest BCUT2D eigenvalue weighted by Crippen LogP contribution is -2.19. The third kappa shape index (κ3) is 3.11. The van der Waals surface area contributed by atoms with Gasteiger partial charge in [-0.15, -0.1) is 0 Å². The van der Waals surface area contributed by atoms with E-state index < -0.39 is 0 Å². The maximum absolute atomic E-state index is 12.2. The topological polar surface area (TPSA) is 53.5 Å². The summed E-state index contributed by atoms with van der Waals surface area (Å²) < 4.78 is 0. The summed E-state index contributed by atoms with van der Waals surface area (Å²) in [4.78, 5) is 16.6. The Hall–Kier alpha value is -2.62. The summed E-state index contributed by atoms with van der Waals surface area (Å²) in [6.07, 6.45) is 0. The Labute approximate surface area is 123 Å². The number of anilines is 1. The quantitative estimate of drug-likeness (QED) is 0.907. The number of rotatable bonds is 3. The fourth-order valence-electron chi connectivity index (χ4n) is 2.24. The lowest BCUT2D eigenvalue weighted by atomic mass is 10.1. The molecule has 0 atom stereocenters. The van der Waals surface area contributed by atoms with Crippen LogP contribution in [-0.2, 0) is 0 Å². The fourth-order valence-corrected chi connectivity index (χ4v) is 2.24. The minimum absolute atomic E-state index is 0.103. The predicted octanol–water partition coefficient (Wildman–Crippen LogP) is 2.60. The van der Waals surface area contributed by atoms with Gasteiger partial charge in [0, 0.05) is 23.4 Å². The van der Waals surface area contributed by atoms with Crippen LogP contribution in [0.3, 0.4) is 0 Å². The van der Waals surface area contributed by atoms with Crippen molar-refractivity contribution >= 4 is 17.4 Å². The average molecular weight is 279 g/mol. The van der Waals surface area contributed by atoms with E-state index in [1.807, 2.05) is 55.5 Å². The van der Waals surface area contributed by atoms with Gasteiger partial charge in [0.1, 0.15) is 5.84 Å². The molecule has 1 heterocycles. The molecule has 0 saturated heterocycles. The number of amidine groups is 1. The van der Waals surface area contributed by atoms with E-state index in [4.69, 9.17) is 0 Å². The molecule has 2 aromatic carbocycles. The van der Waals surface area contributed by atoms with Crippen molar-refractivity contribution in [3.8, 4) is 0 Å². The van der Waals surface area contributed by atoms with Gasteiger partial charge in [0.25, 0.3) is 5.91 Å². The van der Waals surface area contributed by atoms with Crippen LogP contribution in [0, 0.1) is 6.92 Å².